The normalized spacial score (nSPS) is 20.7. The third-order valence-corrected chi connectivity index (χ3v) is 7.58. The number of fused-ring (bicyclic) bond motifs is 1. The van der Waals surface area contributed by atoms with E-state index in [1.807, 2.05) is 20.8 Å². The molecule has 3 N–H and O–H groups in total. The van der Waals surface area contributed by atoms with E-state index in [0.29, 0.717) is 22.7 Å². The van der Waals surface area contributed by atoms with E-state index in [1.54, 1.807) is 28.8 Å². The number of carboxylic acid groups (broad SMARTS) is 1. The zero-order chi connectivity index (χ0) is 30.4. The summed E-state index contributed by atoms with van der Waals surface area (Å²) in [5, 5.41) is 23.8. The number of pyridine rings is 1. The van der Waals surface area contributed by atoms with Gasteiger partial charge >= 0.3 is 12.7 Å². The molecule has 2 amide bonds. The van der Waals surface area contributed by atoms with Gasteiger partial charge in [-0.05, 0) is 42.9 Å². The third-order valence-electron chi connectivity index (χ3n) is 7.58. The van der Waals surface area contributed by atoms with Crippen molar-refractivity contribution in [2.75, 3.05) is 20.3 Å². The number of hydrogen-bond donors (Lipinski definition) is 3. The highest BCUT2D eigenvalue weighted by Crippen LogP contribution is 2.41. The average molecular weight is 589 g/mol. The van der Waals surface area contributed by atoms with Crippen LogP contribution in [0.1, 0.15) is 50.4 Å². The Morgan fingerprint density at radius 1 is 1.21 bits per heavy atom. The number of rotatable bonds is 9. The van der Waals surface area contributed by atoms with Crippen molar-refractivity contribution in [3.63, 3.8) is 0 Å². The molecule has 1 aliphatic carbocycles. The molecule has 1 saturated carbocycles. The van der Waals surface area contributed by atoms with Gasteiger partial charge in [-0.3, -0.25) is 9.20 Å². The van der Waals surface area contributed by atoms with Gasteiger partial charge in [-0.15, -0.1) is 0 Å². The Bertz CT molecular complexity index is 1500. The van der Waals surface area contributed by atoms with Gasteiger partial charge in [0.25, 0.3) is 5.91 Å². The van der Waals surface area contributed by atoms with Crippen LogP contribution in [0.2, 0.25) is 0 Å². The van der Waals surface area contributed by atoms with E-state index in [-0.39, 0.29) is 42.7 Å². The van der Waals surface area contributed by atoms with E-state index in [0.717, 1.165) is 12.8 Å². The number of likely N-dealkylation sites (tertiary alicyclic amines) is 1. The van der Waals surface area contributed by atoms with Crippen molar-refractivity contribution in [3.8, 4) is 28.5 Å². The second-order valence-electron chi connectivity index (χ2n) is 11.8. The summed E-state index contributed by atoms with van der Waals surface area (Å²) >= 11 is 0. The van der Waals surface area contributed by atoms with Gasteiger partial charge in [-0.1, -0.05) is 20.8 Å². The highest BCUT2D eigenvalue weighted by atomic mass is 19.3. The maximum Gasteiger partial charge on any atom is 0.407 e. The summed E-state index contributed by atoms with van der Waals surface area (Å²) < 4.78 is 44.5. The summed E-state index contributed by atoms with van der Waals surface area (Å²) in [6.45, 7) is 2.54. The molecule has 226 valence electrons. The van der Waals surface area contributed by atoms with Gasteiger partial charge < -0.3 is 34.6 Å². The van der Waals surface area contributed by atoms with Crippen LogP contribution in [0.4, 0.5) is 13.6 Å². The molecule has 0 spiro atoms. The number of halogens is 2. The Morgan fingerprint density at radius 2 is 1.93 bits per heavy atom. The van der Waals surface area contributed by atoms with E-state index in [1.165, 1.54) is 24.3 Å². The smallest absolute Gasteiger partial charge is 0.407 e. The number of carbonyl (C=O) groups excluding carboxylic acids is 1. The van der Waals surface area contributed by atoms with Crippen molar-refractivity contribution in [1.82, 2.24) is 19.6 Å². The number of methoxy groups -OCH3 is 1. The second kappa shape index (κ2) is 10.9. The quantitative estimate of drug-likeness (QED) is 0.335. The molecule has 2 aromatic heterocycles. The van der Waals surface area contributed by atoms with Crippen molar-refractivity contribution in [2.45, 2.75) is 64.3 Å². The van der Waals surface area contributed by atoms with Crippen LogP contribution >= 0.6 is 0 Å². The largest absolute Gasteiger partial charge is 0.496 e. The maximum absolute atomic E-state index is 13.3. The number of nitrogens with one attached hydrogen (secondary N) is 1. The second-order valence-corrected chi connectivity index (χ2v) is 11.8. The molecule has 42 heavy (non-hydrogen) atoms. The van der Waals surface area contributed by atoms with Gasteiger partial charge in [0.1, 0.15) is 40.7 Å². The highest BCUT2D eigenvalue weighted by molar-refractivity contribution is 6.01. The van der Waals surface area contributed by atoms with Crippen molar-refractivity contribution in [2.24, 2.45) is 5.41 Å². The first-order valence-corrected chi connectivity index (χ1v) is 13.6. The molecule has 1 aliphatic heterocycles. The summed E-state index contributed by atoms with van der Waals surface area (Å²) in [6, 6.07) is 5.54. The van der Waals surface area contributed by atoms with Gasteiger partial charge in [-0.2, -0.15) is 8.78 Å². The molecule has 0 bridgehead atoms. The molecule has 1 aromatic carbocycles. The fourth-order valence-electron chi connectivity index (χ4n) is 5.77. The maximum atomic E-state index is 13.3. The third kappa shape index (κ3) is 5.78. The van der Waals surface area contributed by atoms with Gasteiger partial charge in [0.2, 0.25) is 0 Å². The van der Waals surface area contributed by atoms with Crippen LogP contribution in [-0.4, -0.2) is 81.1 Å². The minimum Gasteiger partial charge on any atom is -0.496 e. The Balaban J connectivity index is 1.42. The number of aromatic nitrogens is 2. The molecule has 3 aromatic rings. The van der Waals surface area contributed by atoms with Crippen LogP contribution in [0.15, 0.2) is 36.7 Å². The number of imidazole rings is 1. The Labute approximate surface area is 241 Å². The van der Waals surface area contributed by atoms with E-state index >= 15 is 0 Å². The molecule has 0 radical (unpaired) electrons. The Morgan fingerprint density at radius 3 is 2.55 bits per heavy atom. The first-order valence-electron chi connectivity index (χ1n) is 13.6. The summed E-state index contributed by atoms with van der Waals surface area (Å²) in [6.07, 6.45) is 3.99. The first kappa shape index (κ1) is 29.4. The van der Waals surface area contributed by atoms with E-state index < -0.39 is 35.7 Å². The summed E-state index contributed by atoms with van der Waals surface area (Å²) in [5.41, 5.74) is -0.633. The van der Waals surface area contributed by atoms with Gasteiger partial charge in [0, 0.05) is 30.4 Å². The number of benzene rings is 1. The molecule has 3 heterocycles. The van der Waals surface area contributed by atoms with Crippen molar-refractivity contribution >= 4 is 17.6 Å². The number of aliphatic hydroxyl groups is 1. The van der Waals surface area contributed by atoms with Crippen molar-refractivity contribution < 1.29 is 42.8 Å². The van der Waals surface area contributed by atoms with Crippen molar-refractivity contribution in [1.29, 1.82) is 0 Å². The number of hydrogen-bond acceptors (Lipinski definition) is 7. The van der Waals surface area contributed by atoms with Crippen molar-refractivity contribution in [3.05, 3.63) is 42.2 Å². The molecule has 13 heteroatoms. The number of carbonyl (C=O) groups is 2. The molecule has 1 saturated heterocycles. The fourth-order valence-corrected chi connectivity index (χ4v) is 5.77. The lowest BCUT2D eigenvalue weighted by atomic mass is 9.77. The standard InChI is InChI=1S/C29H34F2N4O7/c1-28(2,3)25-29(39,8-10-35(25)27(37)38)15-41-18-7-9-34-19(14-32-22(34)13-18)16-11-20(40-4)23(21(12-16)42-26(30)31)24(36)33-17-5-6-17/h7,9,11-14,17,25-26,39H,5-6,8,10,15H2,1-4H3,(H,33,36)(H,37,38). The Hall–Kier alpha value is -4.13. The molecular weight excluding hydrogens is 554 g/mol. The van der Waals surface area contributed by atoms with Gasteiger partial charge in [0.15, 0.2) is 0 Å². The predicted octanol–water partition coefficient (Wildman–Crippen LogP) is 4.41. The fraction of sp³-hybridized carbons (Fsp3) is 0.483. The predicted molar refractivity (Wildman–Crippen MR) is 147 cm³/mol. The minimum atomic E-state index is -3.16. The first-order chi connectivity index (χ1) is 19.8. The average Bonchev–Trinajstić information content (AvgIpc) is 3.49. The molecule has 2 fully saturated rings. The molecular formula is C29H34F2N4O7. The van der Waals surface area contributed by atoms with E-state index in [9.17, 15) is 28.6 Å². The van der Waals surface area contributed by atoms with E-state index in [4.69, 9.17) is 14.2 Å². The summed E-state index contributed by atoms with van der Waals surface area (Å²) in [5.74, 6) is -0.396. The zero-order valence-electron chi connectivity index (χ0n) is 23.8. The zero-order valence-corrected chi connectivity index (χ0v) is 23.8. The van der Waals surface area contributed by atoms with Crippen LogP contribution in [-0.2, 0) is 0 Å². The van der Waals surface area contributed by atoms with Gasteiger partial charge in [0.05, 0.1) is 25.0 Å². The molecule has 5 rings (SSSR count). The number of nitrogens with zero attached hydrogens (tertiary/aromatic N) is 3. The van der Waals surface area contributed by atoms with Gasteiger partial charge in [-0.25, -0.2) is 9.78 Å². The lowest BCUT2D eigenvalue weighted by molar-refractivity contribution is -0.0636. The number of amides is 2. The molecule has 2 atom stereocenters. The van der Waals surface area contributed by atoms with Crippen LogP contribution in [0.25, 0.3) is 16.9 Å². The summed E-state index contributed by atoms with van der Waals surface area (Å²) in [4.78, 5) is 30.3. The number of alkyl halides is 2. The highest BCUT2D eigenvalue weighted by Gasteiger charge is 2.54. The van der Waals surface area contributed by atoms with Crippen LogP contribution in [0, 0.1) is 5.41 Å². The van der Waals surface area contributed by atoms with Crippen LogP contribution in [0.3, 0.4) is 0 Å². The Kier molecular flexibility index (Phi) is 7.64. The molecule has 11 nitrogen and oxygen atoms in total. The van der Waals surface area contributed by atoms with E-state index in [2.05, 4.69) is 10.3 Å². The minimum absolute atomic E-state index is 0.00121. The molecule has 2 aliphatic rings. The summed E-state index contributed by atoms with van der Waals surface area (Å²) in [7, 11) is 1.34. The monoisotopic (exact) mass is 588 g/mol. The topological polar surface area (TPSA) is 135 Å². The number of ether oxygens (including phenoxy) is 3. The lowest BCUT2D eigenvalue weighted by Gasteiger charge is -2.41. The lowest BCUT2D eigenvalue weighted by Crippen LogP contribution is -2.56. The van der Waals surface area contributed by atoms with Crippen LogP contribution in [0.5, 0.6) is 17.2 Å². The van der Waals surface area contributed by atoms with Crippen LogP contribution < -0.4 is 19.5 Å². The SMILES string of the molecule is COc1cc(-c2cnc3cc(OCC4(O)CCN(C(=O)O)C4C(C)(C)C)ccn23)cc(OC(F)F)c1C(=O)NC1CC1. The molecule has 2 unspecified atom stereocenters.